The molecule has 1 aliphatic heterocycles. The molecule has 1 aliphatic rings. The lowest BCUT2D eigenvalue weighted by atomic mass is 10.3. The zero-order chi connectivity index (χ0) is 5.98. The summed E-state index contributed by atoms with van der Waals surface area (Å²) in [4.78, 5) is 0. The van der Waals surface area contributed by atoms with Crippen molar-refractivity contribution < 1.29 is 0 Å². The molecule has 0 aromatic heterocycles. The zero-order valence-corrected chi connectivity index (χ0v) is 5.44. The van der Waals surface area contributed by atoms with Gasteiger partial charge >= 0.3 is 0 Å². The van der Waals surface area contributed by atoms with Gasteiger partial charge in [0, 0.05) is 6.04 Å². The molecule has 0 radical (unpaired) electrons. The van der Waals surface area contributed by atoms with Gasteiger partial charge in [-0.05, 0) is 13.1 Å². The third kappa shape index (κ3) is 1.39. The first-order valence-corrected chi connectivity index (χ1v) is 3.05. The molecule has 0 amide bonds. The fourth-order valence-corrected chi connectivity index (χ4v) is 0.890. The first-order chi connectivity index (χ1) is 3.79. The molecule has 2 nitrogen and oxygen atoms in total. The Kier molecular flexibility index (Phi) is 1.76. The van der Waals surface area contributed by atoms with Gasteiger partial charge in [-0.2, -0.15) is 0 Å². The van der Waals surface area contributed by atoms with Crippen LogP contribution in [0.3, 0.4) is 0 Å². The van der Waals surface area contributed by atoms with E-state index in [9.17, 15) is 0 Å². The van der Waals surface area contributed by atoms with Crippen molar-refractivity contribution in [2.45, 2.75) is 18.6 Å². The van der Waals surface area contributed by atoms with Crippen LogP contribution in [-0.2, 0) is 0 Å². The minimum absolute atomic E-state index is 0.102. The Balaban J connectivity index is 2.42. The predicted molar refractivity (Wildman–Crippen MR) is 34.5 cm³/mol. The van der Waals surface area contributed by atoms with E-state index in [0.29, 0.717) is 6.04 Å². The highest BCUT2D eigenvalue weighted by Crippen LogP contribution is 1.95. The number of alkyl halides is 1. The lowest BCUT2D eigenvalue weighted by Crippen LogP contribution is -2.43. The van der Waals surface area contributed by atoms with Crippen LogP contribution in [0.4, 0.5) is 0 Å². The van der Waals surface area contributed by atoms with Crippen LogP contribution in [0.5, 0.6) is 0 Å². The molecule has 2 unspecified atom stereocenters. The average Bonchev–Trinajstić information content (AvgIpc) is 1.64. The zero-order valence-electron chi connectivity index (χ0n) is 4.69. The van der Waals surface area contributed by atoms with Gasteiger partial charge in [0.25, 0.3) is 0 Å². The summed E-state index contributed by atoms with van der Waals surface area (Å²) in [6.45, 7) is 2.05. The molecule has 46 valence electrons. The lowest BCUT2D eigenvalue weighted by molar-refractivity contribution is 0.531. The van der Waals surface area contributed by atoms with Gasteiger partial charge in [0.2, 0.25) is 0 Å². The molecule has 0 saturated carbocycles. The van der Waals surface area contributed by atoms with Gasteiger partial charge in [0.1, 0.15) is 0 Å². The Hall–Kier alpha value is -0.210. The van der Waals surface area contributed by atoms with Crippen molar-refractivity contribution in [2.24, 2.45) is 0 Å². The van der Waals surface area contributed by atoms with Crippen LogP contribution in [0.15, 0.2) is 12.3 Å². The fourth-order valence-electron chi connectivity index (χ4n) is 0.619. The molecule has 3 heteroatoms. The Labute approximate surface area is 53.9 Å². The van der Waals surface area contributed by atoms with Crippen molar-refractivity contribution in [3.63, 3.8) is 0 Å². The highest BCUT2D eigenvalue weighted by Gasteiger charge is 2.06. The fraction of sp³-hybridized carbons (Fsp3) is 0.600. The van der Waals surface area contributed by atoms with E-state index in [0.717, 1.165) is 0 Å². The summed E-state index contributed by atoms with van der Waals surface area (Å²) in [6.07, 6.45) is 3.87. The molecule has 1 rings (SSSR count). The quantitative estimate of drug-likeness (QED) is 0.373. The van der Waals surface area contributed by atoms with E-state index in [1.54, 1.807) is 0 Å². The van der Waals surface area contributed by atoms with E-state index in [1.807, 2.05) is 19.2 Å². The maximum absolute atomic E-state index is 5.64. The van der Waals surface area contributed by atoms with Crippen molar-refractivity contribution in [3.05, 3.63) is 12.3 Å². The second kappa shape index (κ2) is 2.37. The molecule has 8 heavy (non-hydrogen) atoms. The summed E-state index contributed by atoms with van der Waals surface area (Å²) in [5, 5.41) is 5.93. The summed E-state index contributed by atoms with van der Waals surface area (Å²) in [6, 6.07) is 0.388. The van der Waals surface area contributed by atoms with Gasteiger partial charge in [-0.3, -0.25) is 5.32 Å². The normalized spacial score (nSPS) is 36.8. The van der Waals surface area contributed by atoms with Crippen LogP contribution >= 0.6 is 11.6 Å². The Morgan fingerprint density at radius 1 is 1.62 bits per heavy atom. The number of hydrogen-bond donors (Lipinski definition) is 2. The summed E-state index contributed by atoms with van der Waals surface area (Å²) < 4.78 is 0. The third-order valence-electron chi connectivity index (χ3n) is 1.04. The number of nitrogens with one attached hydrogen (secondary N) is 2. The Morgan fingerprint density at radius 3 is 2.75 bits per heavy atom. The molecule has 0 bridgehead atoms. The van der Waals surface area contributed by atoms with E-state index in [1.165, 1.54) is 0 Å². The minimum atomic E-state index is -0.102. The number of rotatable bonds is 0. The monoisotopic (exact) mass is 132 g/mol. The summed E-state index contributed by atoms with van der Waals surface area (Å²) in [7, 11) is 0. The van der Waals surface area contributed by atoms with Crippen molar-refractivity contribution in [1.29, 1.82) is 0 Å². The summed E-state index contributed by atoms with van der Waals surface area (Å²) in [5.41, 5.74) is -0.102. The Bertz CT molecular complexity index is 103. The predicted octanol–water partition coefficient (Wildman–Crippen LogP) is 0.604. The van der Waals surface area contributed by atoms with Crippen molar-refractivity contribution in [2.75, 3.05) is 0 Å². The van der Waals surface area contributed by atoms with Gasteiger partial charge in [-0.15, -0.1) is 0 Å². The van der Waals surface area contributed by atoms with Gasteiger partial charge < -0.3 is 5.32 Å². The highest BCUT2D eigenvalue weighted by molar-refractivity contribution is 6.20. The van der Waals surface area contributed by atoms with E-state index < -0.39 is 0 Å². The van der Waals surface area contributed by atoms with Crippen LogP contribution in [0, 0.1) is 0 Å². The second-order valence-electron chi connectivity index (χ2n) is 1.84. The molecule has 0 saturated heterocycles. The molecule has 0 aliphatic carbocycles. The standard InChI is InChI=1S/C5H9ClN2/c1-4-2-3-7-5(6)8-4/h2-5,7-8H,1H3. The van der Waals surface area contributed by atoms with Crippen molar-refractivity contribution in [3.8, 4) is 0 Å². The first-order valence-electron chi connectivity index (χ1n) is 2.62. The molecule has 1 heterocycles. The topological polar surface area (TPSA) is 24.1 Å². The highest BCUT2D eigenvalue weighted by atomic mass is 35.5. The summed E-state index contributed by atoms with van der Waals surface area (Å²) in [5.74, 6) is 0. The van der Waals surface area contributed by atoms with Gasteiger partial charge in [0.05, 0.1) is 0 Å². The minimum Gasteiger partial charge on any atom is -0.364 e. The van der Waals surface area contributed by atoms with E-state index in [4.69, 9.17) is 11.6 Å². The van der Waals surface area contributed by atoms with Gasteiger partial charge in [-0.25, -0.2) is 0 Å². The van der Waals surface area contributed by atoms with Crippen molar-refractivity contribution in [1.82, 2.24) is 10.6 Å². The molecule has 0 fully saturated rings. The maximum atomic E-state index is 5.64. The Morgan fingerprint density at radius 2 is 2.38 bits per heavy atom. The number of hydrogen-bond acceptors (Lipinski definition) is 2. The van der Waals surface area contributed by atoms with Crippen molar-refractivity contribution >= 4 is 11.6 Å². The van der Waals surface area contributed by atoms with Gasteiger partial charge in [-0.1, -0.05) is 17.7 Å². The average molecular weight is 133 g/mol. The lowest BCUT2D eigenvalue weighted by Gasteiger charge is -2.20. The summed E-state index contributed by atoms with van der Waals surface area (Å²) >= 11 is 5.64. The SMILES string of the molecule is CC1C=CNC(Cl)N1. The number of halogens is 1. The molecule has 0 aromatic carbocycles. The van der Waals surface area contributed by atoms with Crippen LogP contribution in [0.1, 0.15) is 6.92 Å². The molecule has 2 atom stereocenters. The molecule has 2 N–H and O–H groups in total. The molecular formula is C5H9ClN2. The van der Waals surface area contributed by atoms with Crippen LogP contribution in [-0.4, -0.2) is 11.7 Å². The van der Waals surface area contributed by atoms with Crippen LogP contribution < -0.4 is 10.6 Å². The largest absolute Gasteiger partial charge is 0.364 e. The first kappa shape index (κ1) is 5.92. The molecule has 0 spiro atoms. The van der Waals surface area contributed by atoms with E-state index in [-0.39, 0.29) is 5.62 Å². The molecule has 0 aromatic rings. The maximum Gasteiger partial charge on any atom is 0.155 e. The van der Waals surface area contributed by atoms with Crippen LogP contribution in [0.2, 0.25) is 0 Å². The second-order valence-corrected chi connectivity index (χ2v) is 2.28. The van der Waals surface area contributed by atoms with E-state index >= 15 is 0 Å². The van der Waals surface area contributed by atoms with Gasteiger partial charge in [0.15, 0.2) is 5.62 Å². The van der Waals surface area contributed by atoms with E-state index in [2.05, 4.69) is 10.6 Å². The smallest absolute Gasteiger partial charge is 0.155 e. The third-order valence-corrected chi connectivity index (χ3v) is 1.29. The van der Waals surface area contributed by atoms with Crippen LogP contribution in [0.25, 0.3) is 0 Å². The molecular weight excluding hydrogens is 124 g/mol.